The maximum atomic E-state index is 11.2. The molecule has 0 atom stereocenters. The average molecular weight is 218 g/mol. The molecule has 0 aliphatic carbocycles. The fourth-order valence-electron chi connectivity index (χ4n) is 1.27. The van der Waals surface area contributed by atoms with Gasteiger partial charge in [-0.1, -0.05) is 0 Å². The molecule has 2 heterocycles. The van der Waals surface area contributed by atoms with Gasteiger partial charge in [-0.2, -0.15) is 5.10 Å². The van der Waals surface area contributed by atoms with E-state index in [4.69, 9.17) is 0 Å². The number of rotatable bonds is 2. The van der Waals surface area contributed by atoms with Crippen molar-refractivity contribution in [3.63, 3.8) is 0 Å². The van der Waals surface area contributed by atoms with Gasteiger partial charge in [-0.05, 0) is 13.0 Å². The summed E-state index contributed by atoms with van der Waals surface area (Å²) in [5.41, 5.74) is 1.55. The van der Waals surface area contributed by atoms with E-state index in [1.165, 1.54) is 7.11 Å². The Bertz CT molecular complexity index is 521. The molecule has 0 bridgehead atoms. The van der Waals surface area contributed by atoms with Crippen LogP contribution in [0, 0.1) is 6.92 Å². The number of esters is 1. The van der Waals surface area contributed by atoms with Gasteiger partial charge in [-0.3, -0.25) is 5.10 Å². The Balaban J connectivity index is 2.35. The molecule has 0 spiro atoms. The predicted octanol–water partition coefficient (Wildman–Crippen LogP) is 0.962. The molecular weight excluding hydrogens is 208 g/mol. The lowest BCUT2D eigenvalue weighted by Crippen LogP contribution is -2.00. The summed E-state index contributed by atoms with van der Waals surface area (Å²) in [4.78, 5) is 19.4. The number of aryl methyl sites for hydroxylation is 1. The summed E-state index contributed by atoms with van der Waals surface area (Å²) in [7, 11) is 1.32. The van der Waals surface area contributed by atoms with Crippen LogP contribution in [0.2, 0.25) is 0 Å². The molecule has 0 unspecified atom stereocenters. The molecular formula is C10H10N4O2. The zero-order valence-corrected chi connectivity index (χ0v) is 8.89. The average Bonchev–Trinajstić information content (AvgIpc) is 2.77. The first-order valence-corrected chi connectivity index (χ1v) is 4.64. The van der Waals surface area contributed by atoms with Gasteiger partial charge in [0.25, 0.3) is 0 Å². The van der Waals surface area contributed by atoms with Crippen LogP contribution in [-0.4, -0.2) is 33.2 Å². The number of hydrogen-bond donors (Lipinski definition) is 1. The van der Waals surface area contributed by atoms with Crippen molar-refractivity contribution in [1.82, 2.24) is 20.2 Å². The molecule has 0 saturated heterocycles. The maximum Gasteiger partial charge on any atom is 0.356 e. The Morgan fingerprint density at radius 3 is 2.94 bits per heavy atom. The Hall–Kier alpha value is -2.24. The van der Waals surface area contributed by atoms with E-state index in [1.54, 1.807) is 25.3 Å². The van der Waals surface area contributed by atoms with Crippen molar-refractivity contribution >= 4 is 5.97 Å². The minimum atomic E-state index is -0.454. The molecule has 2 rings (SSSR count). The largest absolute Gasteiger partial charge is 0.464 e. The number of methoxy groups -OCH3 is 1. The minimum absolute atomic E-state index is 0.300. The van der Waals surface area contributed by atoms with Crippen molar-refractivity contribution in [2.45, 2.75) is 6.92 Å². The van der Waals surface area contributed by atoms with Crippen LogP contribution >= 0.6 is 0 Å². The van der Waals surface area contributed by atoms with Crippen LogP contribution in [0.4, 0.5) is 0 Å². The van der Waals surface area contributed by atoms with Gasteiger partial charge in [0.2, 0.25) is 0 Å². The van der Waals surface area contributed by atoms with Crippen LogP contribution in [0.25, 0.3) is 11.4 Å². The zero-order valence-electron chi connectivity index (χ0n) is 8.89. The molecule has 6 heteroatoms. The number of aromatic amines is 1. The lowest BCUT2D eigenvalue weighted by molar-refractivity contribution is 0.0594. The normalized spacial score (nSPS) is 10.1. The van der Waals surface area contributed by atoms with E-state index < -0.39 is 5.97 Å². The maximum absolute atomic E-state index is 11.2. The minimum Gasteiger partial charge on any atom is -0.464 e. The number of hydrogen-bond acceptors (Lipinski definition) is 5. The third-order valence-corrected chi connectivity index (χ3v) is 2.02. The van der Waals surface area contributed by atoms with Gasteiger partial charge in [0.1, 0.15) is 17.2 Å². The van der Waals surface area contributed by atoms with E-state index in [2.05, 4.69) is 24.9 Å². The van der Waals surface area contributed by atoms with Crippen molar-refractivity contribution in [2.75, 3.05) is 7.11 Å². The van der Waals surface area contributed by atoms with Crippen LogP contribution in [0.15, 0.2) is 18.3 Å². The highest BCUT2D eigenvalue weighted by Crippen LogP contribution is 2.14. The fourth-order valence-corrected chi connectivity index (χ4v) is 1.27. The Kier molecular flexibility index (Phi) is 2.63. The van der Waals surface area contributed by atoms with Crippen molar-refractivity contribution in [2.24, 2.45) is 0 Å². The third-order valence-electron chi connectivity index (χ3n) is 2.02. The van der Waals surface area contributed by atoms with Gasteiger partial charge in [0.15, 0.2) is 0 Å². The molecule has 0 radical (unpaired) electrons. The second-order valence-corrected chi connectivity index (χ2v) is 3.15. The summed E-state index contributed by atoms with van der Waals surface area (Å²) in [5, 5.41) is 6.57. The van der Waals surface area contributed by atoms with Gasteiger partial charge < -0.3 is 4.74 Å². The van der Waals surface area contributed by atoms with Crippen molar-refractivity contribution in [3.05, 3.63) is 29.8 Å². The second-order valence-electron chi connectivity index (χ2n) is 3.15. The van der Waals surface area contributed by atoms with E-state index in [1.807, 2.05) is 0 Å². The Morgan fingerprint density at radius 2 is 2.25 bits per heavy atom. The van der Waals surface area contributed by atoms with Gasteiger partial charge in [-0.25, -0.2) is 14.8 Å². The highest BCUT2D eigenvalue weighted by molar-refractivity contribution is 5.88. The van der Waals surface area contributed by atoms with Gasteiger partial charge in [-0.15, -0.1) is 0 Å². The number of aromatic nitrogens is 4. The molecule has 82 valence electrons. The van der Waals surface area contributed by atoms with Crippen LogP contribution in [0.3, 0.4) is 0 Å². The lowest BCUT2D eigenvalue weighted by Gasteiger charge is -1.95. The van der Waals surface area contributed by atoms with E-state index >= 15 is 0 Å². The SMILES string of the molecule is COC(=O)c1cc(-c2ccnc(C)n2)n[nH]1. The van der Waals surface area contributed by atoms with Crippen molar-refractivity contribution in [1.29, 1.82) is 0 Å². The van der Waals surface area contributed by atoms with Crippen LogP contribution in [0.1, 0.15) is 16.3 Å². The van der Waals surface area contributed by atoms with E-state index in [0.29, 0.717) is 22.9 Å². The summed E-state index contributed by atoms with van der Waals surface area (Å²) >= 11 is 0. The standard InChI is InChI=1S/C10H10N4O2/c1-6-11-4-3-7(12-6)8-5-9(14-13-8)10(15)16-2/h3-5H,1-2H3,(H,13,14). The first-order valence-electron chi connectivity index (χ1n) is 4.64. The molecule has 0 fully saturated rings. The molecule has 0 saturated carbocycles. The first-order chi connectivity index (χ1) is 7.70. The molecule has 0 aliphatic rings. The summed E-state index contributed by atoms with van der Waals surface area (Å²) in [6, 6.07) is 3.32. The topological polar surface area (TPSA) is 80.8 Å². The zero-order chi connectivity index (χ0) is 11.5. The Morgan fingerprint density at radius 1 is 1.44 bits per heavy atom. The van der Waals surface area contributed by atoms with E-state index in [0.717, 1.165) is 0 Å². The lowest BCUT2D eigenvalue weighted by atomic mass is 10.2. The number of carbonyl (C=O) groups is 1. The number of ether oxygens (including phenoxy) is 1. The summed E-state index contributed by atoms with van der Waals surface area (Å²) in [6.45, 7) is 1.79. The number of H-pyrrole nitrogens is 1. The van der Waals surface area contributed by atoms with E-state index in [-0.39, 0.29) is 0 Å². The number of carbonyl (C=O) groups excluding carboxylic acids is 1. The molecule has 0 aromatic carbocycles. The van der Waals surface area contributed by atoms with E-state index in [9.17, 15) is 4.79 Å². The molecule has 2 aromatic heterocycles. The quantitative estimate of drug-likeness (QED) is 0.759. The smallest absolute Gasteiger partial charge is 0.356 e. The summed E-state index contributed by atoms with van der Waals surface area (Å²) in [5.74, 6) is 0.199. The molecule has 0 aliphatic heterocycles. The number of nitrogens with zero attached hydrogens (tertiary/aromatic N) is 3. The van der Waals surface area contributed by atoms with Gasteiger partial charge in [0, 0.05) is 12.3 Å². The molecule has 6 nitrogen and oxygen atoms in total. The predicted molar refractivity (Wildman–Crippen MR) is 55.7 cm³/mol. The molecule has 16 heavy (non-hydrogen) atoms. The molecule has 1 N–H and O–H groups in total. The Labute approximate surface area is 91.7 Å². The highest BCUT2D eigenvalue weighted by Gasteiger charge is 2.11. The second kappa shape index (κ2) is 4.09. The van der Waals surface area contributed by atoms with Crippen LogP contribution in [-0.2, 0) is 4.74 Å². The highest BCUT2D eigenvalue weighted by atomic mass is 16.5. The molecule has 2 aromatic rings. The van der Waals surface area contributed by atoms with Crippen molar-refractivity contribution in [3.8, 4) is 11.4 Å². The summed E-state index contributed by atoms with van der Waals surface area (Å²) in [6.07, 6.45) is 1.64. The molecule has 0 amide bonds. The fraction of sp³-hybridized carbons (Fsp3) is 0.200. The third kappa shape index (κ3) is 1.90. The number of nitrogens with one attached hydrogen (secondary N) is 1. The van der Waals surface area contributed by atoms with Crippen LogP contribution < -0.4 is 0 Å². The monoisotopic (exact) mass is 218 g/mol. The first kappa shape index (κ1) is 10.3. The van der Waals surface area contributed by atoms with Gasteiger partial charge >= 0.3 is 5.97 Å². The summed E-state index contributed by atoms with van der Waals surface area (Å²) < 4.78 is 4.57. The van der Waals surface area contributed by atoms with Gasteiger partial charge in [0.05, 0.1) is 12.8 Å². The van der Waals surface area contributed by atoms with Crippen molar-refractivity contribution < 1.29 is 9.53 Å². The van der Waals surface area contributed by atoms with Crippen LogP contribution in [0.5, 0.6) is 0 Å².